The molecule has 0 atom stereocenters. The highest BCUT2D eigenvalue weighted by molar-refractivity contribution is 7.93. The van der Waals surface area contributed by atoms with Gasteiger partial charge in [0.15, 0.2) is 0 Å². The Bertz CT molecular complexity index is 1990. The first kappa shape index (κ1) is 29.8. The first-order valence-corrected chi connectivity index (χ1v) is 16.6. The first-order valence-electron chi connectivity index (χ1n) is 13.7. The summed E-state index contributed by atoms with van der Waals surface area (Å²) in [6, 6.07) is 32.1. The van der Waals surface area contributed by atoms with Gasteiger partial charge in [-0.1, -0.05) is 79.2 Å². The van der Waals surface area contributed by atoms with Gasteiger partial charge in [-0.05, 0) is 72.8 Å². The van der Waals surface area contributed by atoms with E-state index in [2.05, 4.69) is 10.0 Å². The van der Waals surface area contributed by atoms with E-state index in [1.807, 2.05) is 56.3 Å². The number of fused-ring (bicyclic) bond motifs is 1. The molecule has 1 amide bonds. The molecule has 0 aliphatic heterocycles. The molecule has 0 saturated carbocycles. The molecule has 10 heteroatoms. The molecule has 0 aliphatic carbocycles. The summed E-state index contributed by atoms with van der Waals surface area (Å²) in [4.78, 5) is 13.3. The van der Waals surface area contributed by atoms with Crippen LogP contribution in [-0.2, 0) is 31.3 Å². The number of hydrogen-bond donors (Lipinski definition) is 2. The van der Waals surface area contributed by atoms with Crippen molar-refractivity contribution in [3.63, 3.8) is 0 Å². The minimum atomic E-state index is -4.08. The van der Waals surface area contributed by atoms with Gasteiger partial charge in [0.2, 0.25) is 5.91 Å². The number of nitrogens with zero attached hydrogens (tertiary/aromatic N) is 1. The maximum Gasteiger partial charge on any atom is 0.264 e. The third-order valence-electron chi connectivity index (χ3n) is 7.02. The Kier molecular flexibility index (Phi) is 8.52. The number of carbonyl (C=O) groups excluding carboxylic acids is 1. The van der Waals surface area contributed by atoms with Gasteiger partial charge >= 0.3 is 0 Å². The third kappa shape index (κ3) is 6.55. The molecule has 0 bridgehead atoms. The maximum atomic E-state index is 13.8. The number of aryl methyl sites for hydroxylation is 2. The fourth-order valence-corrected chi connectivity index (χ4v) is 7.30. The van der Waals surface area contributed by atoms with Gasteiger partial charge < -0.3 is 5.32 Å². The largest absolute Gasteiger partial charge is 0.325 e. The standard InChI is InChI=1S/C33H31N3O5S2/c1-3-25-9-5-7-14-32(25)36(43(40,41)29-19-15-24(2)16-20-29)23-33(37)34-27-17-21-28(22-18-27)42(38,39)35-31-13-8-11-26-10-4-6-12-30(26)31/h4-22,35H,3,23H2,1-2H3,(H,34,37). The molecule has 0 aliphatic rings. The van der Waals surface area contributed by atoms with Crippen molar-refractivity contribution in [1.29, 1.82) is 0 Å². The molecule has 5 rings (SSSR count). The summed E-state index contributed by atoms with van der Waals surface area (Å²) >= 11 is 0. The van der Waals surface area contributed by atoms with Crippen LogP contribution in [0.3, 0.4) is 0 Å². The Hall–Kier alpha value is -4.67. The Morgan fingerprint density at radius 2 is 1.35 bits per heavy atom. The maximum absolute atomic E-state index is 13.8. The number of nitrogens with one attached hydrogen (secondary N) is 2. The highest BCUT2D eigenvalue weighted by Gasteiger charge is 2.28. The van der Waals surface area contributed by atoms with E-state index in [-0.39, 0.29) is 9.79 Å². The van der Waals surface area contributed by atoms with Crippen molar-refractivity contribution in [3.8, 4) is 0 Å². The summed E-state index contributed by atoms with van der Waals surface area (Å²) in [7, 11) is -7.99. The Morgan fingerprint density at radius 3 is 2.07 bits per heavy atom. The van der Waals surface area contributed by atoms with Crippen LogP contribution in [0.1, 0.15) is 18.1 Å². The van der Waals surface area contributed by atoms with Crippen LogP contribution in [0.15, 0.2) is 125 Å². The van der Waals surface area contributed by atoms with E-state index in [1.54, 1.807) is 36.4 Å². The number of anilines is 3. The van der Waals surface area contributed by atoms with Gasteiger partial charge in [-0.25, -0.2) is 16.8 Å². The number of para-hydroxylation sites is 1. The molecule has 5 aromatic carbocycles. The second-order valence-electron chi connectivity index (χ2n) is 10.0. The van der Waals surface area contributed by atoms with Gasteiger partial charge in [-0.15, -0.1) is 0 Å². The number of rotatable bonds is 10. The van der Waals surface area contributed by atoms with Gasteiger partial charge in [-0.2, -0.15) is 0 Å². The van der Waals surface area contributed by atoms with Crippen molar-refractivity contribution in [2.24, 2.45) is 0 Å². The topological polar surface area (TPSA) is 113 Å². The van der Waals surface area contributed by atoms with Crippen LogP contribution in [0.25, 0.3) is 10.8 Å². The molecular formula is C33H31N3O5S2. The summed E-state index contributed by atoms with van der Waals surface area (Å²) in [6.07, 6.45) is 0.570. The molecule has 0 saturated heterocycles. The highest BCUT2D eigenvalue weighted by Crippen LogP contribution is 2.29. The Labute approximate surface area is 252 Å². The first-order chi connectivity index (χ1) is 20.6. The van der Waals surface area contributed by atoms with Gasteiger partial charge in [0.05, 0.1) is 21.2 Å². The minimum Gasteiger partial charge on any atom is -0.325 e. The average Bonchev–Trinajstić information content (AvgIpc) is 3.00. The van der Waals surface area contributed by atoms with Crippen molar-refractivity contribution in [2.75, 3.05) is 20.9 Å². The van der Waals surface area contributed by atoms with Crippen LogP contribution in [0.2, 0.25) is 0 Å². The van der Waals surface area contributed by atoms with Crippen molar-refractivity contribution in [1.82, 2.24) is 0 Å². The van der Waals surface area contributed by atoms with Crippen molar-refractivity contribution < 1.29 is 21.6 Å². The van der Waals surface area contributed by atoms with Crippen LogP contribution in [-0.4, -0.2) is 29.3 Å². The van der Waals surface area contributed by atoms with Crippen LogP contribution in [0.5, 0.6) is 0 Å². The summed E-state index contributed by atoms with van der Waals surface area (Å²) < 4.78 is 57.5. The second-order valence-corrected chi connectivity index (χ2v) is 13.6. The lowest BCUT2D eigenvalue weighted by molar-refractivity contribution is -0.114. The summed E-state index contributed by atoms with van der Waals surface area (Å²) in [5.74, 6) is -0.578. The van der Waals surface area contributed by atoms with Crippen LogP contribution >= 0.6 is 0 Å². The summed E-state index contributed by atoms with van der Waals surface area (Å²) in [5.41, 5.74) is 2.89. The fraction of sp³-hybridized carbons (Fsp3) is 0.121. The number of amides is 1. The normalized spacial score (nSPS) is 11.7. The molecule has 0 unspecified atom stereocenters. The molecule has 0 heterocycles. The molecule has 5 aromatic rings. The average molecular weight is 614 g/mol. The van der Waals surface area contributed by atoms with Crippen LogP contribution in [0, 0.1) is 6.92 Å². The number of sulfonamides is 2. The highest BCUT2D eigenvalue weighted by atomic mass is 32.2. The van der Waals surface area contributed by atoms with Gasteiger partial charge in [0.25, 0.3) is 20.0 Å². The molecule has 220 valence electrons. The lowest BCUT2D eigenvalue weighted by Crippen LogP contribution is -2.38. The summed E-state index contributed by atoms with van der Waals surface area (Å²) in [5, 5.41) is 4.38. The lowest BCUT2D eigenvalue weighted by Gasteiger charge is -2.26. The Balaban J connectivity index is 1.36. The lowest BCUT2D eigenvalue weighted by atomic mass is 10.1. The predicted octanol–water partition coefficient (Wildman–Crippen LogP) is 6.35. The van der Waals surface area contributed by atoms with Crippen LogP contribution in [0.4, 0.5) is 17.1 Å². The smallest absolute Gasteiger partial charge is 0.264 e. The van der Waals surface area contributed by atoms with E-state index in [1.165, 1.54) is 36.4 Å². The molecular weight excluding hydrogens is 583 g/mol. The quantitative estimate of drug-likeness (QED) is 0.191. The monoisotopic (exact) mass is 613 g/mol. The SMILES string of the molecule is CCc1ccccc1N(CC(=O)Nc1ccc(S(=O)(=O)Nc2cccc3ccccc23)cc1)S(=O)(=O)c1ccc(C)cc1. The number of benzene rings is 5. The Morgan fingerprint density at radius 1 is 0.721 bits per heavy atom. The van der Waals surface area contributed by atoms with E-state index in [0.717, 1.165) is 26.2 Å². The van der Waals surface area contributed by atoms with Crippen molar-refractivity contribution in [3.05, 3.63) is 126 Å². The van der Waals surface area contributed by atoms with E-state index < -0.39 is 32.5 Å². The van der Waals surface area contributed by atoms with Crippen LogP contribution < -0.4 is 14.3 Å². The van der Waals surface area contributed by atoms with E-state index >= 15 is 0 Å². The van der Waals surface area contributed by atoms with Gasteiger partial charge in [0.1, 0.15) is 6.54 Å². The molecule has 0 aromatic heterocycles. The zero-order valence-electron chi connectivity index (χ0n) is 23.7. The summed E-state index contributed by atoms with van der Waals surface area (Å²) in [6.45, 7) is 3.31. The van der Waals surface area contributed by atoms with E-state index in [4.69, 9.17) is 0 Å². The molecule has 8 nitrogen and oxygen atoms in total. The zero-order chi connectivity index (χ0) is 30.6. The third-order valence-corrected chi connectivity index (χ3v) is 10.2. The van der Waals surface area contributed by atoms with Gasteiger partial charge in [-0.3, -0.25) is 13.8 Å². The molecule has 0 radical (unpaired) electrons. The predicted molar refractivity (Wildman–Crippen MR) is 171 cm³/mol. The second kappa shape index (κ2) is 12.3. The molecule has 2 N–H and O–H groups in total. The zero-order valence-corrected chi connectivity index (χ0v) is 25.3. The van der Waals surface area contributed by atoms with Crippen molar-refractivity contribution in [2.45, 2.75) is 30.1 Å². The number of hydrogen-bond acceptors (Lipinski definition) is 5. The van der Waals surface area contributed by atoms with E-state index in [0.29, 0.717) is 23.5 Å². The molecule has 43 heavy (non-hydrogen) atoms. The molecule has 0 spiro atoms. The number of carbonyl (C=O) groups is 1. The van der Waals surface area contributed by atoms with E-state index in [9.17, 15) is 21.6 Å². The van der Waals surface area contributed by atoms with Gasteiger partial charge in [0, 0.05) is 11.1 Å². The molecule has 0 fully saturated rings. The fourth-order valence-electron chi connectivity index (χ4n) is 4.76. The minimum absolute atomic E-state index is 0.0129. The van der Waals surface area contributed by atoms with Crippen molar-refractivity contribution >= 4 is 53.8 Å².